The molecule has 1 aromatic rings. The van der Waals surface area contributed by atoms with Crippen LogP contribution in [-0.2, 0) is 0 Å². The number of allylic oxidation sites excluding steroid dienone is 2. The highest BCUT2D eigenvalue weighted by atomic mass is 14.3. The van der Waals surface area contributed by atoms with Crippen LogP contribution in [0.2, 0.25) is 0 Å². The van der Waals surface area contributed by atoms with Crippen LogP contribution in [0.5, 0.6) is 0 Å². The van der Waals surface area contributed by atoms with Gasteiger partial charge in [0, 0.05) is 6.21 Å². The molecule has 14 heavy (non-hydrogen) atoms. The van der Waals surface area contributed by atoms with Crippen molar-refractivity contribution in [1.82, 2.24) is 0 Å². The van der Waals surface area contributed by atoms with Crippen molar-refractivity contribution in [3.8, 4) is 0 Å². The second-order valence-electron chi connectivity index (χ2n) is 3.01. The van der Waals surface area contributed by atoms with Gasteiger partial charge in [-0.05, 0) is 29.7 Å². The van der Waals surface area contributed by atoms with Crippen LogP contribution >= 0.6 is 0 Å². The average Bonchev–Trinajstić information content (AvgIpc) is 2.24. The molecule has 1 rings (SSSR count). The van der Waals surface area contributed by atoms with Gasteiger partial charge in [-0.2, -0.15) is 0 Å². The largest absolute Gasteiger partial charge is 0.309 e. The van der Waals surface area contributed by atoms with Gasteiger partial charge in [0.2, 0.25) is 0 Å². The van der Waals surface area contributed by atoms with Gasteiger partial charge in [0.1, 0.15) is 0 Å². The number of hydrogen-bond donors (Lipinski definition) is 1. The summed E-state index contributed by atoms with van der Waals surface area (Å²) in [5.74, 6) is 0. The third kappa shape index (κ3) is 3.40. The van der Waals surface area contributed by atoms with Gasteiger partial charge in [-0.3, -0.25) is 0 Å². The highest BCUT2D eigenvalue weighted by molar-refractivity contribution is 5.76. The van der Waals surface area contributed by atoms with E-state index in [0.29, 0.717) is 0 Å². The molecule has 0 saturated heterocycles. The van der Waals surface area contributed by atoms with E-state index < -0.39 is 0 Å². The molecule has 0 amide bonds. The molecule has 0 spiro atoms. The molecule has 0 saturated carbocycles. The molecule has 0 heterocycles. The first-order valence-electron chi connectivity index (χ1n) is 4.80. The van der Waals surface area contributed by atoms with Crippen LogP contribution in [-0.4, -0.2) is 6.21 Å². The smallest absolute Gasteiger partial charge is 0.0177 e. The molecule has 0 unspecified atom stereocenters. The lowest BCUT2D eigenvalue weighted by Crippen LogP contribution is -1.75. The molecular formula is C13H15N. The standard InChI is InChI=1S/C13H15N/c1-2-3-6-12-7-4-8-13(11-12)9-5-10-14/h3-11,14H,2H2,1H3/b6-3+,9-5+,14-10?. The Morgan fingerprint density at radius 3 is 2.57 bits per heavy atom. The molecule has 72 valence electrons. The fraction of sp³-hybridized carbons (Fsp3) is 0.154. The molecule has 0 bridgehead atoms. The van der Waals surface area contributed by atoms with Crippen LogP contribution in [0.25, 0.3) is 12.2 Å². The molecule has 0 aliphatic rings. The van der Waals surface area contributed by atoms with E-state index in [1.165, 1.54) is 11.8 Å². The van der Waals surface area contributed by atoms with Crippen molar-refractivity contribution in [2.75, 3.05) is 0 Å². The summed E-state index contributed by atoms with van der Waals surface area (Å²) in [5, 5.41) is 6.89. The van der Waals surface area contributed by atoms with E-state index >= 15 is 0 Å². The maximum atomic E-state index is 6.89. The molecule has 1 aromatic carbocycles. The van der Waals surface area contributed by atoms with Crippen molar-refractivity contribution in [3.05, 3.63) is 47.5 Å². The minimum Gasteiger partial charge on any atom is -0.309 e. The molecule has 0 radical (unpaired) electrons. The molecular weight excluding hydrogens is 170 g/mol. The van der Waals surface area contributed by atoms with Crippen LogP contribution < -0.4 is 0 Å². The summed E-state index contributed by atoms with van der Waals surface area (Å²) in [6, 6.07) is 8.24. The Morgan fingerprint density at radius 1 is 1.21 bits per heavy atom. The van der Waals surface area contributed by atoms with Gasteiger partial charge >= 0.3 is 0 Å². The van der Waals surface area contributed by atoms with Crippen molar-refractivity contribution < 1.29 is 0 Å². The number of benzene rings is 1. The third-order valence-corrected chi connectivity index (χ3v) is 1.84. The van der Waals surface area contributed by atoms with Crippen molar-refractivity contribution in [3.63, 3.8) is 0 Å². The van der Waals surface area contributed by atoms with E-state index in [2.05, 4.69) is 31.2 Å². The third-order valence-electron chi connectivity index (χ3n) is 1.84. The van der Waals surface area contributed by atoms with Crippen LogP contribution in [0.3, 0.4) is 0 Å². The zero-order chi connectivity index (χ0) is 10.2. The average molecular weight is 185 g/mol. The summed E-state index contributed by atoms with van der Waals surface area (Å²) >= 11 is 0. The quantitative estimate of drug-likeness (QED) is 0.690. The van der Waals surface area contributed by atoms with Gasteiger partial charge < -0.3 is 5.41 Å². The van der Waals surface area contributed by atoms with E-state index in [1.807, 2.05) is 18.2 Å². The second kappa shape index (κ2) is 5.92. The lowest BCUT2D eigenvalue weighted by atomic mass is 10.1. The van der Waals surface area contributed by atoms with Gasteiger partial charge in [-0.1, -0.05) is 43.4 Å². The molecule has 0 aromatic heterocycles. The molecule has 0 fully saturated rings. The van der Waals surface area contributed by atoms with Crippen LogP contribution in [0.4, 0.5) is 0 Å². The molecule has 0 atom stereocenters. The SMILES string of the molecule is CC/C=C/c1cccc(/C=C/C=N)c1. The molecule has 1 nitrogen and oxygen atoms in total. The predicted molar refractivity (Wildman–Crippen MR) is 63.6 cm³/mol. The summed E-state index contributed by atoms with van der Waals surface area (Å²) in [7, 11) is 0. The van der Waals surface area contributed by atoms with E-state index in [1.54, 1.807) is 6.08 Å². The fourth-order valence-electron chi connectivity index (χ4n) is 1.18. The number of rotatable bonds is 4. The summed E-state index contributed by atoms with van der Waals surface area (Å²) in [4.78, 5) is 0. The predicted octanol–water partition coefficient (Wildman–Crippen LogP) is 3.77. The zero-order valence-electron chi connectivity index (χ0n) is 8.40. The van der Waals surface area contributed by atoms with Crippen LogP contribution in [0.15, 0.2) is 36.4 Å². The molecule has 0 aliphatic heterocycles. The highest BCUT2D eigenvalue weighted by Gasteiger charge is 1.88. The van der Waals surface area contributed by atoms with Crippen molar-refractivity contribution in [2.24, 2.45) is 0 Å². The second-order valence-corrected chi connectivity index (χ2v) is 3.01. The Kier molecular flexibility index (Phi) is 4.42. The zero-order valence-corrected chi connectivity index (χ0v) is 8.40. The summed E-state index contributed by atoms with van der Waals surface area (Å²) in [6.45, 7) is 2.12. The minimum atomic E-state index is 1.06. The Labute approximate surface area is 85.3 Å². The molecule has 1 heteroatoms. The molecule has 1 N–H and O–H groups in total. The Hall–Kier alpha value is -1.63. The van der Waals surface area contributed by atoms with Gasteiger partial charge in [0.15, 0.2) is 0 Å². The number of hydrogen-bond acceptors (Lipinski definition) is 1. The van der Waals surface area contributed by atoms with Crippen molar-refractivity contribution >= 4 is 18.4 Å². The minimum absolute atomic E-state index is 1.06. The fourth-order valence-corrected chi connectivity index (χ4v) is 1.18. The Morgan fingerprint density at radius 2 is 1.93 bits per heavy atom. The van der Waals surface area contributed by atoms with Gasteiger partial charge in [-0.25, -0.2) is 0 Å². The first-order valence-corrected chi connectivity index (χ1v) is 4.80. The number of nitrogens with one attached hydrogen (secondary N) is 1. The van der Waals surface area contributed by atoms with Crippen LogP contribution in [0.1, 0.15) is 24.5 Å². The van der Waals surface area contributed by atoms with Crippen LogP contribution in [0, 0.1) is 5.41 Å². The van der Waals surface area contributed by atoms with Gasteiger partial charge in [0.25, 0.3) is 0 Å². The van der Waals surface area contributed by atoms with E-state index in [4.69, 9.17) is 5.41 Å². The van der Waals surface area contributed by atoms with E-state index in [0.717, 1.165) is 12.0 Å². The normalized spacial score (nSPS) is 11.2. The molecule has 0 aliphatic carbocycles. The highest BCUT2D eigenvalue weighted by Crippen LogP contribution is 2.08. The maximum absolute atomic E-state index is 6.89. The summed E-state index contributed by atoms with van der Waals surface area (Å²) in [5.41, 5.74) is 2.34. The Bertz CT molecular complexity index is 348. The lowest BCUT2D eigenvalue weighted by molar-refractivity contribution is 1.23. The summed E-state index contributed by atoms with van der Waals surface area (Å²) in [6.07, 6.45) is 10.2. The first-order chi connectivity index (χ1) is 6.86. The van der Waals surface area contributed by atoms with Gasteiger partial charge in [-0.15, -0.1) is 0 Å². The van der Waals surface area contributed by atoms with E-state index in [-0.39, 0.29) is 0 Å². The monoisotopic (exact) mass is 185 g/mol. The van der Waals surface area contributed by atoms with Gasteiger partial charge in [0.05, 0.1) is 0 Å². The van der Waals surface area contributed by atoms with Crippen molar-refractivity contribution in [2.45, 2.75) is 13.3 Å². The maximum Gasteiger partial charge on any atom is 0.0177 e. The van der Waals surface area contributed by atoms with Crippen molar-refractivity contribution in [1.29, 1.82) is 5.41 Å². The summed E-state index contributed by atoms with van der Waals surface area (Å²) < 4.78 is 0. The topological polar surface area (TPSA) is 23.9 Å². The first kappa shape index (κ1) is 10.5. The van der Waals surface area contributed by atoms with E-state index in [9.17, 15) is 0 Å². The Balaban J connectivity index is 2.83. The lowest BCUT2D eigenvalue weighted by Gasteiger charge is -1.95.